The summed E-state index contributed by atoms with van der Waals surface area (Å²) in [6, 6.07) is 1.60. The van der Waals surface area contributed by atoms with E-state index in [2.05, 4.69) is 4.98 Å². The van der Waals surface area contributed by atoms with E-state index in [1.165, 1.54) is 0 Å². The lowest BCUT2D eigenvalue weighted by Crippen LogP contribution is -2.37. The van der Waals surface area contributed by atoms with Crippen molar-refractivity contribution in [1.82, 2.24) is 4.98 Å². The number of hydrogen-bond acceptors (Lipinski definition) is 3. The third kappa shape index (κ3) is 1.42. The Morgan fingerprint density at radius 1 is 1.54 bits per heavy atom. The van der Waals surface area contributed by atoms with E-state index in [4.69, 9.17) is 17.3 Å². The van der Waals surface area contributed by atoms with Crippen molar-refractivity contribution in [3.63, 3.8) is 0 Å². The molecule has 0 atom stereocenters. The molecular formula is C8H9ClFN3. The summed E-state index contributed by atoms with van der Waals surface area (Å²) in [5, 5.41) is -0.0933. The quantitative estimate of drug-likeness (QED) is 0.703. The molecule has 0 aliphatic carbocycles. The van der Waals surface area contributed by atoms with Gasteiger partial charge in [-0.3, -0.25) is 0 Å². The molecule has 1 aliphatic heterocycles. The van der Waals surface area contributed by atoms with Gasteiger partial charge in [-0.2, -0.15) is 4.39 Å². The minimum absolute atomic E-state index is 0.0933. The van der Waals surface area contributed by atoms with E-state index in [-0.39, 0.29) is 10.7 Å². The second-order valence-corrected chi connectivity index (χ2v) is 3.39. The number of nitrogen functional groups attached to an aromatic ring is 1. The summed E-state index contributed by atoms with van der Waals surface area (Å²) in [4.78, 5) is 5.66. The first kappa shape index (κ1) is 8.56. The fourth-order valence-electron chi connectivity index (χ4n) is 1.21. The standard InChI is InChI=1S/C8H9ClFN3/c9-7-5(11)4-6(12-8(7)10)13-2-1-3-13/h4H,1-3H2,(H2,11,12). The Bertz CT molecular complexity index is 315. The number of anilines is 2. The first-order valence-electron chi connectivity index (χ1n) is 4.05. The van der Waals surface area contributed by atoms with Crippen LogP contribution in [0.25, 0.3) is 0 Å². The maximum atomic E-state index is 13.0. The highest BCUT2D eigenvalue weighted by Gasteiger charge is 2.18. The Kier molecular flexibility index (Phi) is 2.00. The summed E-state index contributed by atoms with van der Waals surface area (Å²) in [6.45, 7) is 1.82. The minimum Gasteiger partial charge on any atom is -0.397 e. The normalized spacial score (nSPS) is 15.7. The van der Waals surface area contributed by atoms with Gasteiger partial charge in [0.05, 0.1) is 5.69 Å². The smallest absolute Gasteiger partial charge is 0.235 e. The van der Waals surface area contributed by atoms with Crippen LogP contribution >= 0.6 is 11.6 Å². The molecule has 0 unspecified atom stereocenters. The highest BCUT2D eigenvalue weighted by Crippen LogP contribution is 2.27. The van der Waals surface area contributed by atoms with Gasteiger partial charge in [-0.25, -0.2) is 4.98 Å². The van der Waals surface area contributed by atoms with Crippen LogP contribution in [-0.4, -0.2) is 18.1 Å². The van der Waals surface area contributed by atoms with Gasteiger partial charge < -0.3 is 10.6 Å². The molecular weight excluding hydrogens is 193 g/mol. The highest BCUT2D eigenvalue weighted by molar-refractivity contribution is 6.33. The molecule has 1 saturated heterocycles. The van der Waals surface area contributed by atoms with Crippen LogP contribution < -0.4 is 10.6 Å². The summed E-state index contributed by atoms with van der Waals surface area (Å²) in [6.07, 6.45) is 1.12. The molecule has 0 bridgehead atoms. The predicted molar refractivity (Wildman–Crippen MR) is 50.4 cm³/mol. The van der Waals surface area contributed by atoms with Crippen LogP contribution in [0, 0.1) is 5.95 Å². The SMILES string of the molecule is Nc1cc(N2CCC2)nc(F)c1Cl. The Balaban J connectivity index is 2.37. The maximum absolute atomic E-state index is 13.0. The molecule has 0 radical (unpaired) electrons. The van der Waals surface area contributed by atoms with Crippen LogP contribution in [0.5, 0.6) is 0 Å². The van der Waals surface area contributed by atoms with Crippen LogP contribution in [-0.2, 0) is 0 Å². The number of hydrogen-bond donors (Lipinski definition) is 1. The number of rotatable bonds is 1. The molecule has 0 spiro atoms. The fraction of sp³-hybridized carbons (Fsp3) is 0.375. The largest absolute Gasteiger partial charge is 0.397 e. The minimum atomic E-state index is -0.691. The van der Waals surface area contributed by atoms with Crippen molar-refractivity contribution < 1.29 is 4.39 Å². The molecule has 5 heteroatoms. The molecule has 3 nitrogen and oxygen atoms in total. The highest BCUT2D eigenvalue weighted by atomic mass is 35.5. The topological polar surface area (TPSA) is 42.1 Å². The van der Waals surface area contributed by atoms with Crippen molar-refractivity contribution in [1.29, 1.82) is 0 Å². The van der Waals surface area contributed by atoms with Gasteiger partial charge in [0.25, 0.3) is 0 Å². The first-order chi connectivity index (χ1) is 6.18. The van der Waals surface area contributed by atoms with Gasteiger partial charge in [-0.15, -0.1) is 0 Å². The van der Waals surface area contributed by atoms with Crippen LogP contribution in [0.2, 0.25) is 5.02 Å². The van der Waals surface area contributed by atoms with Gasteiger partial charge in [-0.1, -0.05) is 11.6 Å². The van der Waals surface area contributed by atoms with Crippen LogP contribution in [0.4, 0.5) is 15.9 Å². The number of nitrogens with zero attached hydrogens (tertiary/aromatic N) is 2. The molecule has 0 saturated carbocycles. The van der Waals surface area contributed by atoms with E-state index < -0.39 is 5.95 Å². The van der Waals surface area contributed by atoms with E-state index in [0.29, 0.717) is 5.82 Å². The van der Waals surface area contributed by atoms with Crippen molar-refractivity contribution in [3.05, 3.63) is 17.0 Å². The van der Waals surface area contributed by atoms with Crippen LogP contribution in [0.15, 0.2) is 6.07 Å². The third-order valence-corrected chi connectivity index (χ3v) is 2.49. The van der Waals surface area contributed by atoms with Gasteiger partial charge in [0.2, 0.25) is 5.95 Å². The molecule has 13 heavy (non-hydrogen) atoms. The zero-order valence-corrected chi connectivity index (χ0v) is 7.68. The van der Waals surface area contributed by atoms with Crippen molar-refractivity contribution in [2.45, 2.75) is 6.42 Å². The fourth-order valence-corrected chi connectivity index (χ4v) is 1.31. The summed E-state index contributed by atoms with van der Waals surface area (Å²) in [5.41, 5.74) is 5.75. The number of nitrogens with two attached hydrogens (primary N) is 1. The Morgan fingerprint density at radius 2 is 2.23 bits per heavy atom. The average molecular weight is 202 g/mol. The molecule has 1 aromatic rings. The van der Waals surface area contributed by atoms with E-state index in [9.17, 15) is 4.39 Å². The molecule has 1 aromatic heterocycles. The maximum Gasteiger partial charge on any atom is 0.235 e. The summed E-state index contributed by atoms with van der Waals surface area (Å²) in [7, 11) is 0. The third-order valence-electron chi connectivity index (χ3n) is 2.11. The van der Waals surface area contributed by atoms with E-state index in [1.807, 2.05) is 4.90 Å². The lowest BCUT2D eigenvalue weighted by Gasteiger charge is -2.32. The Labute approximate surface area is 80.3 Å². The lowest BCUT2D eigenvalue weighted by molar-refractivity contribution is 0.564. The number of halogens is 2. The molecule has 70 valence electrons. The van der Waals surface area contributed by atoms with E-state index in [1.54, 1.807) is 6.07 Å². The molecule has 2 heterocycles. The van der Waals surface area contributed by atoms with Crippen molar-refractivity contribution in [2.24, 2.45) is 0 Å². The zero-order valence-electron chi connectivity index (χ0n) is 6.93. The van der Waals surface area contributed by atoms with Crippen molar-refractivity contribution in [3.8, 4) is 0 Å². The summed E-state index contributed by atoms with van der Waals surface area (Å²) >= 11 is 5.53. The van der Waals surface area contributed by atoms with Crippen molar-refractivity contribution >= 4 is 23.1 Å². The molecule has 1 aliphatic rings. The number of pyridine rings is 1. The number of aromatic nitrogens is 1. The van der Waals surface area contributed by atoms with E-state index in [0.717, 1.165) is 19.5 Å². The monoisotopic (exact) mass is 201 g/mol. The molecule has 0 aromatic carbocycles. The van der Waals surface area contributed by atoms with Gasteiger partial charge in [0, 0.05) is 19.2 Å². The molecule has 2 N–H and O–H groups in total. The second-order valence-electron chi connectivity index (χ2n) is 3.02. The zero-order chi connectivity index (χ0) is 9.42. The molecule has 0 amide bonds. The first-order valence-corrected chi connectivity index (χ1v) is 4.43. The van der Waals surface area contributed by atoms with Crippen LogP contribution in [0.3, 0.4) is 0 Å². The van der Waals surface area contributed by atoms with Gasteiger partial charge in [0.1, 0.15) is 10.8 Å². The molecule has 1 fully saturated rings. The summed E-state index contributed by atoms with van der Waals surface area (Å²) in [5.74, 6) is -0.116. The lowest BCUT2D eigenvalue weighted by atomic mass is 10.2. The van der Waals surface area contributed by atoms with Gasteiger partial charge >= 0.3 is 0 Å². The Morgan fingerprint density at radius 3 is 2.69 bits per heavy atom. The van der Waals surface area contributed by atoms with Gasteiger partial charge in [0.15, 0.2) is 0 Å². The Hall–Kier alpha value is -1.03. The average Bonchev–Trinajstić information content (AvgIpc) is 1.96. The molecule has 2 rings (SSSR count). The van der Waals surface area contributed by atoms with Gasteiger partial charge in [-0.05, 0) is 6.42 Å². The second kappa shape index (κ2) is 3.03. The van der Waals surface area contributed by atoms with Crippen LogP contribution in [0.1, 0.15) is 6.42 Å². The van der Waals surface area contributed by atoms with E-state index >= 15 is 0 Å². The van der Waals surface area contributed by atoms with Crippen molar-refractivity contribution in [2.75, 3.05) is 23.7 Å². The summed E-state index contributed by atoms with van der Waals surface area (Å²) < 4.78 is 13.0. The predicted octanol–water partition coefficient (Wildman–Crippen LogP) is 1.67.